The molecule has 1 fully saturated rings. The van der Waals surface area contributed by atoms with Gasteiger partial charge in [0, 0.05) is 44.7 Å². The molecular weight excluding hydrogens is 602 g/mol. The Balaban J connectivity index is 1.76. The smallest absolute Gasteiger partial charge is 0.410 e. The van der Waals surface area contributed by atoms with Gasteiger partial charge in [-0.2, -0.15) is 4.31 Å². The highest BCUT2D eigenvalue weighted by molar-refractivity contribution is 7.89. The summed E-state index contributed by atoms with van der Waals surface area (Å²) < 4.78 is 49.4. The van der Waals surface area contributed by atoms with Crippen LogP contribution in [0.4, 0.5) is 10.5 Å². The summed E-state index contributed by atoms with van der Waals surface area (Å²) in [6.07, 6.45) is -0.496. The maximum atomic E-state index is 13.4. The number of nitro groups is 1. The van der Waals surface area contributed by atoms with Crippen LogP contribution in [0.1, 0.15) is 27.2 Å². The van der Waals surface area contributed by atoms with E-state index in [9.17, 15) is 28.1 Å². The van der Waals surface area contributed by atoms with Crippen molar-refractivity contribution in [1.82, 2.24) is 14.1 Å². The van der Waals surface area contributed by atoms with Gasteiger partial charge in [-0.25, -0.2) is 13.2 Å². The molecule has 2 atom stereocenters. The zero-order valence-electron chi connectivity index (χ0n) is 25.7. The first-order valence-corrected chi connectivity index (χ1v) is 15.3. The maximum absolute atomic E-state index is 13.4. The van der Waals surface area contributed by atoms with Gasteiger partial charge in [0.05, 0.1) is 50.6 Å². The summed E-state index contributed by atoms with van der Waals surface area (Å²) >= 11 is 0. The Labute approximate surface area is 256 Å². The summed E-state index contributed by atoms with van der Waals surface area (Å²) in [5, 5.41) is 15.0. The van der Waals surface area contributed by atoms with Crippen LogP contribution in [0.15, 0.2) is 34.3 Å². The molecule has 0 aromatic heterocycles. The Hall–Kier alpha value is -3.54. The number of azide groups is 1. The van der Waals surface area contributed by atoms with Crippen LogP contribution in [0.3, 0.4) is 0 Å². The van der Waals surface area contributed by atoms with E-state index >= 15 is 0 Å². The van der Waals surface area contributed by atoms with Gasteiger partial charge in [-0.3, -0.25) is 14.9 Å². The number of nitro benzene ring substituents is 1. The van der Waals surface area contributed by atoms with Crippen LogP contribution in [0.2, 0.25) is 0 Å². The number of para-hydroxylation sites is 1. The third kappa shape index (κ3) is 11.2. The molecule has 1 saturated heterocycles. The molecule has 2 rings (SSSR count). The second-order valence-electron chi connectivity index (χ2n) is 10.9. The van der Waals surface area contributed by atoms with E-state index in [1.807, 2.05) is 0 Å². The third-order valence-electron chi connectivity index (χ3n) is 6.35. The minimum atomic E-state index is -4.47. The summed E-state index contributed by atoms with van der Waals surface area (Å²) in [5.74, 6) is -0.558. The molecule has 246 valence electrons. The first-order chi connectivity index (χ1) is 20.7. The molecule has 2 amide bonds. The summed E-state index contributed by atoms with van der Waals surface area (Å²) in [7, 11) is -1.36. The Kier molecular flexibility index (Phi) is 14.2. The monoisotopic (exact) mass is 643 g/mol. The van der Waals surface area contributed by atoms with Crippen LogP contribution in [0.5, 0.6) is 0 Å². The number of sulfonamides is 1. The fourth-order valence-corrected chi connectivity index (χ4v) is 5.91. The second-order valence-corrected chi connectivity index (χ2v) is 12.8. The number of hydrogen-bond acceptors (Lipinski definition) is 11. The molecule has 1 aliphatic heterocycles. The molecule has 0 unspecified atom stereocenters. The quantitative estimate of drug-likeness (QED) is 0.0605. The van der Waals surface area contributed by atoms with Crippen molar-refractivity contribution in [1.29, 1.82) is 0 Å². The highest BCUT2D eigenvalue weighted by Gasteiger charge is 2.46. The minimum absolute atomic E-state index is 0.0683. The molecule has 0 N–H and O–H groups in total. The van der Waals surface area contributed by atoms with Crippen LogP contribution in [0, 0.1) is 10.1 Å². The fraction of sp³-hybridized carbons (Fsp3) is 0.692. The molecule has 1 aromatic rings. The van der Waals surface area contributed by atoms with Gasteiger partial charge in [-0.15, -0.1) is 0 Å². The number of rotatable bonds is 17. The average Bonchev–Trinajstić information content (AvgIpc) is 3.39. The van der Waals surface area contributed by atoms with Crippen molar-refractivity contribution < 1.29 is 41.9 Å². The van der Waals surface area contributed by atoms with Crippen LogP contribution in [-0.4, -0.2) is 131 Å². The highest BCUT2D eigenvalue weighted by atomic mass is 32.2. The topological polar surface area (TPSA) is 207 Å². The molecule has 18 heteroatoms. The Bertz CT molecular complexity index is 1280. The lowest BCUT2D eigenvalue weighted by Gasteiger charge is -2.27. The van der Waals surface area contributed by atoms with Crippen molar-refractivity contribution in [2.45, 2.75) is 49.8 Å². The normalized spacial score (nSPS) is 17.1. The van der Waals surface area contributed by atoms with Crippen molar-refractivity contribution in [2.75, 3.05) is 73.4 Å². The lowest BCUT2D eigenvalue weighted by atomic mass is 10.1. The molecular formula is C26H41N7O10S. The van der Waals surface area contributed by atoms with Gasteiger partial charge in [0.2, 0.25) is 5.91 Å². The first-order valence-electron chi connectivity index (χ1n) is 13.9. The lowest BCUT2D eigenvalue weighted by molar-refractivity contribution is -0.387. The molecule has 1 heterocycles. The van der Waals surface area contributed by atoms with E-state index in [0.717, 1.165) is 16.4 Å². The van der Waals surface area contributed by atoms with Gasteiger partial charge in [0.1, 0.15) is 11.6 Å². The highest BCUT2D eigenvalue weighted by Crippen LogP contribution is 2.33. The predicted octanol–water partition coefficient (Wildman–Crippen LogP) is 2.41. The Morgan fingerprint density at radius 3 is 2.14 bits per heavy atom. The van der Waals surface area contributed by atoms with E-state index in [0.29, 0.717) is 26.4 Å². The predicted molar refractivity (Wildman–Crippen MR) is 157 cm³/mol. The number of amides is 2. The molecule has 1 aliphatic rings. The largest absolute Gasteiger partial charge is 0.444 e. The van der Waals surface area contributed by atoms with E-state index in [1.165, 1.54) is 29.0 Å². The van der Waals surface area contributed by atoms with Crippen LogP contribution in [-0.2, 0) is 33.8 Å². The number of likely N-dealkylation sites (N-methyl/N-ethyl adjacent to an activating group) is 2. The number of nitrogens with zero attached hydrogens (tertiary/aromatic N) is 7. The van der Waals surface area contributed by atoms with Gasteiger partial charge in [0.25, 0.3) is 15.7 Å². The Morgan fingerprint density at radius 1 is 1.05 bits per heavy atom. The van der Waals surface area contributed by atoms with E-state index in [-0.39, 0.29) is 39.3 Å². The zero-order chi connectivity index (χ0) is 32.9. The van der Waals surface area contributed by atoms with Crippen LogP contribution >= 0.6 is 0 Å². The summed E-state index contributed by atoms with van der Waals surface area (Å²) in [5.41, 5.74) is 7.68. The van der Waals surface area contributed by atoms with E-state index in [4.69, 9.17) is 24.5 Å². The number of hydrogen-bond donors (Lipinski definition) is 0. The molecule has 0 spiro atoms. The zero-order valence-corrected chi connectivity index (χ0v) is 26.5. The van der Waals surface area contributed by atoms with Crippen molar-refractivity contribution in [2.24, 2.45) is 5.11 Å². The van der Waals surface area contributed by atoms with E-state index in [1.54, 1.807) is 27.8 Å². The summed E-state index contributed by atoms with van der Waals surface area (Å²) in [6, 6.07) is 2.84. The van der Waals surface area contributed by atoms with Crippen molar-refractivity contribution in [3.8, 4) is 0 Å². The van der Waals surface area contributed by atoms with Crippen LogP contribution < -0.4 is 0 Å². The fourth-order valence-electron chi connectivity index (χ4n) is 4.12. The standard InChI is InChI=1S/C26H41N7O10S/c1-26(2,3)43-25(35)31(5)11-13-41-15-17-42-16-14-40-12-10-30(4)24(34)22-18-20(28-29-27)19-32(22)44(38,39)23-9-7-6-8-21(23)33(36)37/h6-9,20,22H,10-19H2,1-5H3/t20-,22-/m0/s1. The van der Waals surface area contributed by atoms with Crippen molar-refractivity contribution in [3.63, 3.8) is 0 Å². The SMILES string of the molecule is CN(CCOCCOCCOCCN(C)C(=O)[C@@H]1C[C@H](N=[N+]=[N-])CN1S(=O)(=O)c1ccccc1[N+](=O)[O-])C(=O)OC(C)(C)C. The van der Waals surface area contributed by atoms with Crippen LogP contribution in [0.25, 0.3) is 10.4 Å². The van der Waals surface area contributed by atoms with Gasteiger partial charge < -0.3 is 28.7 Å². The minimum Gasteiger partial charge on any atom is -0.444 e. The second kappa shape index (κ2) is 17.1. The number of ether oxygens (including phenoxy) is 4. The number of carbonyl (C=O) groups is 2. The molecule has 1 aromatic carbocycles. The van der Waals surface area contributed by atoms with Crippen molar-refractivity contribution >= 4 is 27.7 Å². The van der Waals surface area contributed by atoms with Gasteiger partial charge in [-0.1, -0.05) is 17.2 Å². The third-order valence-corrected chi connectivity index (χ3v) is 8.27. The first kappa shape index (κ1) is 36.7. The van der Waals surface area contributed by atoms with Gasteiger partial charge in [-0.05, 0) is 38.8 Å². The summed E-state index contributed by atoms with van der Waals surface area (Å²) in [4.78, 5) is 40.7. The number of benzene rings is 1. The molecule has 44 heavy (non-hydrogen) atoms. The summed E-state index contributed by atoms with van der Waals surface area (Å²) in [6.45, 7) is 7.21. The van der Waals surface area contributed by atoms with E-state index in [2.05, 4.69) is 10.0 Å². The van der Waals surface area contributed by atoms with Crippen molar-refractivity contribution in [3.05, 3.63) is 44.8 Å². The van der Waals surface area contributed by atoms with E-state index < -0.39 is 55.2 Å². The maximum Gasteiger partial charge on any atom is 0.410 e. The molecule has 17 nitrogen and oxygen atoms in total. The Morgan fingerprint density at radius 2 is 1.59 bits per heavy atom. The van der Waals surface area contributed by atoms with Gasteiger partial charge >= 0.3 is 6.09 Å². The number of carbonyl (C=O) groups excluding carboxylic acids is 2. The molecule has 0 aliphatic carbocycles. The lowest BCUT2D eigenvalue weighted by Crippen LogP contribution is -2.47. The molecule has 0 bridgehead atoms. The molecule has 0 radical (unpaired) electrons. The molecule has 0 saturated carbocycles. The average molecular weight is 644 g/mol. The van der Waals surface area contributed by atoms with Gasteiger partial charge in [0.15, 0.2) is 4.90 Å².